The summed E-state index contributed by atoms with van der Waals surface area (Å²) in [4.78, 5) is 14.6. The van der Waals surface area contributed by atoms with Crippen LogP contribution in [0.5, 0.6) is 11.5 Å². The van der Waals surface area contributed by atoms with Crippen molar-refractivity contribution in [2.45, 2.75) is 45.3 Å². The van der Waals surface area contributed by atoms with Crippen LogP contribution in [0.2, 0.25) is 0 Å². The van der Waals surface area contributed by atoms with E-state index in [0.29, 0.717) is 5.92 Å². The maximum atomic E-state index is 12.7. The number of nitrogens with one attached hydrogen (secondary N) is 1. The van der Waals surface area contributed by atoms with Crippen molar-refractivity contribution >= 4 is 6.03 Å². The third-order valence-electron chi connectivity index (χ3n) is 5.13. The molecule has 2 amide bonds. The number of rotatable bonds is 6. The minimum Gasteiger partial charge on any atom is -0.497 e. The van der Waals surface area contributed by atoms with Gasteiger partial charge in [0.1, 0.15) is 11.5 Å². The molecule has 1 aliphatic heterocycles. The lowest BCUT2D eigenvalue weighted by Gasteiger charge is -2.22. The standard InChI is InChI=1S/C23H30N2O3/c1-16(2)28-22-7-5-6-19(14-22)17(3)24-23(26)25-13-12-20(15-25)18-8-10-21(27-4)11-9-18/h5-11,14,16-17,20H,12-13,15H2,1-4H3,(H,24,26). The largest absolute Gasteiger partial charge is 0.497 e. The van der Waals surface area contributed by atoms with E-state index in [4.69, 9.17) is 9.47 Å². The predicted octanol–water partition coefficient (Wildman–Crippen LogP) is 4.74. The van der Waals surface area contributed by atoms with Gasteiger partial charge in [-0.3, -0.25) is 0 Å². The first-order chi connectivity index (χ1) is 13.5. The summed E-state index contributed by atoms with van der Waals surface area (Å²) in [6, 6.07) is 16.0. The Labute approximate surface area is 167 Å². The molecule has 2 unspecified atom stereocenters. The molecule has 2 atom stereocenters. The van der Waals surface area contributed by atoms with Crippen molar-refractivity contribution < 1.29 is 14.3 Å². The molecule has 1 fully saturated rings. The summed E-state index contributed by atoms with van der Waals surface area (Å²) >= 11 is 0. The number of methoxy groups -OCH3 is 1. The molecule has 0 radical (unpaired) electrons. The Balaban J connectivity index is 1.57. The first-order valence-electron chi connectivity index (χ1n) is 9.92. The number of hydrogen-bond acceptors (Lipinski definition) is 3. The number of nitrogens with zero attached hydrogens (tertiary/aromatic N) is 1. The van der Waals surface area contributed by atoms with E-state index in [9.17, 15) is 4.79 Å². The molecule has 28 heavy (non-hydrogen) atoms. The van der Waals surface area contributed by atoms with Crippen molar-refractivity contribution in [3.8, 4) is 11.5 Å². The van der Waals surface area contributed by atoms with E-state index in [2.05, 4.69) is 17.4 Å². The molecule has 0 aromatic heterocycles. The van der Waals surface area contributed by atoms with Crippen molar-refractivity contribution in [2.24, 2.45) is 0 Å². The minimum atomic E-state index is -0.0803. The zero-order valence-corrected chi connectivity index (χ0v) is 17.1. The molecule has 5 nitrogen and oxygen atoms in total. The zero-order valence-electron chi connectivity index (χ0n) is 17.1. The molecule has 0 saturated carbocycles. The quantitative estimate of drug-likeness (QED) is 0.785. The number of amides is 2. The molecule has 3 rings (SSSR count). The molecule has 5 heteroatoms. The molecule has 1 saturated heterocycles. The van der Waals surface area contributed by atoms with Gasteiger partial charge in [0.05, 0.1) is 19.3 Å². The highest BCUT2D eigenvalue weighted by Crippen LogP contribution is 2.29. The molecule has 1 aliphatic rings. The number of ether oxygens (including phenoxy) is 2. The first-order valence-corrected chi connectivity index (χ1v) is 9.92. The first kappa shape index (κ1) is 20.1. The van der Waals surface area contributed by atoms with Crippen LogP contribution in [0.1, 0.15) is 50.3 Å². The van der Waals surface area contributed by atoms with E-state index in [-0.39, 0.29) is 18.2 Å². The van der Waals surface area contributed by atoms with E-state index < -0.39 is 0 Å². The lowest BCUT2D eigenvalue weighted by Crippen LogP contribution is -2.39. The van der Waals surface area contributed by atoms with Crippen LogP contribution >= 0.6 is 0 Å². The van der Waals surface area contributed by atoms with E-state index in [1.54, 1.807) is 7.11 Å². The summed E-state index contributed by atoms with van der Waals surface area (Å²) in [5.41, 5.74) is 2.29. The van der Waals surface area contributed by atoms with Gasteiger partial charge in [-0.25, -0.2) is 4.79 Å². The third kappa shape index (κ3) is 4.97. The number of hydrogen-bond donors (Lipinski definition) is 1. The van der Waals surface area contributed by atoms with Crippen LogP contribution in [0, 0.1) is 0 Å². The monoisotopic (exact) mass is 382 g/mol. The number of carbonyl (C=O) groups is 1. The van der Waals surface area contributed by atoms with Crippen molar-refractivity contribution in [3.63, 3.8) is 0 Å². The molecule has 150 valence electrons. The summed E-state index contributed by atoms with van der Waals surface area (Å²) in [7, 11) is 1.67. The normalized spacial score (nSPS) is 17.5. The van der Waals surface area contributed by atoms with Crippen LogP contribution in [-0.4, -0.2) is 37.2 Å². The van der Waals surface area contributed by atoms with Crippen LogP contribution in [0.25, 0.3) is 0 Å². The van der Waals surface area contributed by atoms with Crippen LogP contribution in [0.3, 0.4) is 0 Å². The zero-order chi connectivity index (χ0) is 20.1. The van der Waals surface area contributed by atoms with Crippen molar-refractivity contribution in [2.75, 3.05) is 20.2 Å². The van der Waals surface area contributed by atoms with Gasteiger partial charge in [0, 0.05) is 19.0 Å². The van der Waals surface area contributed by atoms with Gasteiger partial charge in [0.25, 0.3) is 0 Å². The van der Waals surface area contributed by atoms with E-state index in [1.165, 1.54) is 5.56 Å². The summed E-state index contributed by atoms with van der Waals surface area (Å²) in [5, 5.41) is 3.12. The molecule has 0 aliphatic carbocycles. The topological polar surface area (TPSA) is 50.8 Å². The third-order valence-corrected chi connectivity index (χ3v) is 5.13. The van der Waals surface area contributed by atoms with Gasteiger partial charge in [0.15, 0.2) is 0 Å². The Hall–Kier alpha value is -2.69. The molecule has 0 bridgehead atoms. The Morgan fingerprint density at radius 1 is 1.11 bits per heavy atom. The predicted molar refractivity (Wildman–Crippen MR) is 111 cm³/mol. The van der Waals surface area contributed by atoms with Gasteiger partial charge in [-0.2, -0.15) is 0 Å². The molecule has 0 spiro atoms. The summed E-state index contributed by atoms with van der Waals surface area (Å²) in [6.45, 7) is 7.52. The van der Waals surface area contributed by atoms with Crippen LogP contribution in [0.4, 0.5) is 4.79 Å². The van der Waals surface area contributed by atoms with Crippen molar-refractivity contribution in [3.05, 3.63) is 59.7 Å². The summed E-state index contributed by atoms with van der Waals surface area (Å²) in [5.74, 6) is 2.05. The molecular formula is C23H30N2O3. The van der Waals surface area contributed by atoms with Gasteiger partial charge in [0.2, 0.25) is 0 Å². The van der Waals surface area contributed by atoms with Crippen molar-refractivity contribution in [1.29, 1.82) is 0 Å². The van der Waals surface area contributed by atoms with E-state index in [1.807, 2.05) is 62.1 Å². The molecule has 2 aromatic rings. The number of carbonyl (C=O) groups excluding carboxylic acids is 1. The maximum absolute atomic E-state index is 12.7. The smallest absolute Gasteiger partial charge is 0.317 e. The van der Waals surface area contributed by atoms with Crippen LogP contribution in [0.15, 0.2) is 48.5 Å². The lowest BCUT2D eigenvalue weighted by molar-refractivity contribution is 0.204. The second-order valence-electron chi connectivity index (χ2n) is 7.62. The Bertz CT molecular complexity index is 789. The van der Waals surface area contributed by atoms with E-state index >= 15 is 0 Å². The second-order valence-corrected chi connectivity index (χ2v) is 7.62. The number of likely N-dealkylation sites (tertiary alicyclic amines) is 1. The van der Waals surface area contributed by atoms with Crippen LogP contribution < -0.4 is 14.8 Å². The summed E-state index contributed by atoms with van der Waals surface area (Å²) in [6.07, 6.45) is 1.10. The second kappa shape index (κ2) is 9.00. The minimum absolute atomic E-state index is 0.0151. The SMILES string of the molecule is COc1ccc(C2CCN(C(=O)NC(C)c3cccc(OC(C)C)c3)C2)cc1. The molecular weight excluding hydrogens is 352 g/mol. The fourth-order valence-electron chi connectivity index (χ4n) is 3.58. The highest BCUT2D eigenvalue weighted by molar-refractivity contribution is 5.75. The fourth-order valence-corrected chi connectivity index (χ4v) is 3.58. The number of benzene rings is 2. The molecule has 1 heterocycles. The molecule has 1 N–H and O–H groups in total. The highest BCUT2D eigenvalue weighted by Gasteiger charge is 2.28. The van der Waals surface area contributed by atoms with E-state index in [0.717, 1.165) is 36.6 Å². The Morgan fingerprint density at radius 3 is 2.54 bits per heavy atom. The van der Waals surface area contributed by atoms with Gasteiger partial charge in [-0.15, -0.1) is 0 Å². The average molecular weight is 383 g/mol. The average Bonchev–Trinajstić information content (AvgIpc) is 3.18. The van der Waals surface area contributed by atoms with Gasteiger partial charge >= 0.3 is 6.03 Å². The Morgan fingerprint density at radius 2 is 1.86 bits per heavy atom. The lowest BCUT2D eigenvalue weighted by atomic mass is 9.98. The number of urea groups is 1. The highest BCUT2D eigenvalue weighted by atomic mass is 16.5. The molecule has 2 aromatic carbocycles. The fraction of sp³-hybridized carbons (Fsp3) is 0.435. The Kier molecular flexibility index (Phi) is 6.45. The van der Waals surface area contributed by atoms with Gasteiger partial charge < -0.3 is 19.7 Å². The maximum Gasteiger partial charge on any atom is 0.317 e. The van der Waals surface area contributed by atoms with Gasteiger partial charge in [-0.05, 0) is 62.6 Å². The summed E-state index contributed by atoms with van der Waals surface area (Å²) < 4.78 is 11.0. The van der Waals surface area contributed by atoms with Crippen molar-refractivity contribution in [1.82, 2.24) is 10.2 Å². The van der Waals surface area contributed by atoms with Crippen LogP contribution in [-0.2, 0) is 0 Å². The van der Waals surface area contributed by atoms with Gasteiger partial charge in [-0.1, -0.05) is 24.3 Å².